The summed E-state index contributed by atoms with van der Waals surface area (Å²) in [6, 6.07) is 9.40. The van der Waals surface area contributed by atoms with E-state index < -0.39 is 6.10 Å². The zero-order valence-corrected chi connectivity index (χ0v) is 16.8. The van der Waals surface area contributed by atoms with Crippen LogP contribution in [0.3, 0.4) is 0 Å². The first-order chi connectivity index (χ1) is 13.4. The summed E-state index contributed by atoms with van der Waals surface area (Å²) in [7, 11) is 0. The van der Waals surface area contributed by atoms with Gasteiger partial charge in [0.05, 0.1) is 17.1 Å². The normalized spacial score (nSPS) is 12.7. The van der Waals surface area contributed by atoms with Crippen LogP contribution < -0.4 is 5.32 Å². The molecule has 7 heteroatoms. The third-order valence-corrected chi connectivity index (χ3v) is 4.43. The summed E-state index contributed by atoms with van der Waals surface area (Å²) in [5.74, 6) is 1.29. The van der Waals surface area contributed by atoms with E-state index in [2.05, 4.69) is 27.0 Å². The number of rotatable bonds is 6. The molecule has 0 amide bonds. The fourth-order valence-corrected chi connectivity index (χ4v) is 2.99. The quantitative estimate of drug-likeness (QED) is 0.348. The fraction of sp³-hybridized carbons (Fsp3) is 0.190. The number of hydrogen-bond donors (Lipinski definition) is 2. The summed E-state index contributed by atoms with van der Waals surface area (Å²) in [5, 5.41) is 13.2. The zero-order chi connectivity index (χ0) is 20.3. The van der Waals surface area contributed by atoms with Crippen molar-refractivity contribution in [1.82, 2.24) is 14.5 Å². The fourth-order valence-electron chi connectivity index (χ4n) is 2.68. The van der Waals surface area contributed by atoms with Crippen molar-refractivity contribution >= 4 is 35.0 Å². The molecular weight excluding hydrogens is 374 g/mol. The number of nitrogens with one attached hydrogen (secondary N) is 1. The number of nitrogens with zero attached hydrogens (tertiary/aromatic N) is 4. The second-order valence-electron chi connectivity index (χ2n) is 6.62. The van der Waals surface area contributed by atoms with Crippen LogP contribution in [0, 0.1) is 0 Å². The average Bonchev–Trinajstić information content (AvgIpc) is 3.07. The van der Waals surface area contributed by atoms with Gasteiger partial charge in [0.1, 0.15) is 23.1 Å². The van der Waals surface area contributed by atoms with Crippen molar-refractivity contribution in [1.29, 1.82) is 0 Å². The van der Waals surface area contributed by atoms with E-state index in [1.807, 2.05) is 54.8 Å². The number of imidazole rings is 1. The number of anilines is 1. The molecule has 1 aromatic carbocycles. The number of halogens is 1. The van der Waals surface area contributed by atoms with Gasteiger partial charge in [0, 0.05) is 11.3 Å². The highest BCUT2D eigenvalue weighted by atomic mass is 35.5. The second-order valence-corrected chi connectivity index (χ2v) is 6.98. The Hall–Kier alpha value is -2.96. The predicted molar refractivity (Wildman–Crippen MR) is 115 cm³/mol. The standard InChI is InChI=1S/C21H22ClN5O/c1-13(2)5-9-19(23-4)25-15-6-8-18-17(11-15)24-12-27(18)20-10-7-16(14(3)28)21(22)26-20/h5-12,14,25,28H,4H2,1-3H3/b19-9+. The number of aliphatic hydroxyl groups is 1. The number of pyridine rings is 1. The van der Waals surface area contributed by atoms with Gasteiger partial charge in [0.2, 0.25) is 0 Å². The zero-order valence-electron chi connectivity index (χ0n) is 16.0. The van der Waals surface area contributed by atoms with Gasteiger partial charge in [-0.1, -0.05) is 23.3 Å². The van der Waals surface area contributed by atoms with Crippen molar-refractivity contribution in [3.8, 4) is 5.82 Å². The summed E-state index contributed by atoms with van der Waals surface area (Å²) < 4.78 is 1.85. The molecule has 3 aromatic rings. The van der Waals surface area contributed by atoms with Crippen LogP contribution >= 0.6 is 11.6 Å². The number of benzene rings is 1. The van der Waals surface area contributed by atoms with E-state index in [0.29, 0.717) is 17.2 Å². The SMILES string of the molecule is C=N/C(=C\C=C(C)C)Nc1ccc2c(c1)ncn2-c1ccc(C(C)O)c(Cl)n1. The summed E-state index contributed by atoms with van der Waals surface area (Å²) in [6.45, 7) is 9.29. The molecular formula is C21H22ClN5O. The molecule has 2 N–H and O–H groups in total. The average molecular weight is 396 g/mol. The molecule has 0 aliphatic rings. The first kappa shape index (κ1) is 19.8. The third-order valence-electron chi connectivity index (χ3n) is 4.12. The van der Waals surface area contributed by atoms with Crippen molar-refractivity contribution in [3.63, 3.8) is 0 Å². The summed E-state index contributed by atoms with van der Waals surface area (Å²) in [6.07, 6.45) is 4.87. The third kappa shape index (κ3) is 4.30. The molecule has 3 rings (SSSR count). The number of aromatic nitrogens is 3. The van der Waals surface area contributed by atoms with Crippen LogP contribution in [-0.2, 0) is 0 Å². The molecule has 0 saturated carbocycles. The van der Waals surface area contributed by atoms with Crippen LogP contribution in [0.2, 0.25) is 5.15 Å². The van der Waals surface area contributed by atoms with Gasteiger partial charge in [0.25, 0.3) is 0 Å². The topological polar surface area (TPSA) is 75.3 Å². The number of aliphatic hydroxyl groups excluding tert-OH is 1. The largest absolute Gasteiger partial charge is 0.389 e. The molecule has 0 fully saturated rings. The molecule has 28 heavy (non-hydrogen) atoms. The molecule has 2 heterocycles. The Morgan fingerprint density at radius 1 is 1.29 bits per heavy atom. The van der Waals surface area contributed by atoms with Crippen LogP contribution in [0.25, 0.3) is 16.9 Å². The van der Waals surface area contributed by atoms with Crippen LogP contribution in [-0.4, -0.2) is 26.4 Å². The van der Waals surface area contributed by atoms with E-state index in [-0.39, 0.29) is 5.15 Å². The van der Waals surface area contributed by atoms with E-state index >= 15 is 0 Å². The van der Waals surface area contributed by atoms with Crippen molar-refractivity contribution < 1.29 is 5.11 Å². The Kier molecular flexibility index (Phi) is 5.92. The van der Waals surface area contributed by atoms with E-state index in [1.54, 1.807) is 19.3 Å². The molecule has 0 aliphatic heterocycles. The van der Waals surface area contributed by atoms with Crippen molar-refractivity contribution in [3.05, 3.63) is 70.9 Å². The Balaban J connectivity index is 1.93. The molecule has 6 nitrogen and oxygen atoms in total. The van der Waals surface area contributed by atoms with Gasteiger partial charge in [0.15, 0.2) is 0 Å². The Labute approximate surface area is 168 Å². The predicted octanol–water partition coefficient (Wildman–Crippen LogP) is 5.05. The van der Waals surface area contributed by atoms with Crippen LogP contribution in [0.1, 0.15) is 32.4 Å². The lowest BCUT2D eigenvalue weighted by Crippen LogP contribution is -2.00. The van der Waals surface area contributed by atoms with Crippen molar-refractivity contribution in [2.24, 2.45) is 4.99 Å². The number of fused-ring (bicyclic) bond motifs is 1. The van der Waals surface area contributed by atoms with Gasteiger partial charge in [-0.05, 0) is 63.9 Å². The first-order valence-corrected chi connectivity index (χ1v) is 9.17. The minimum absolute atomic E-state index is 0.277. The lowest BCUT2D eigenvalue weighted by atomic mass is 10.2. The molecule has 2 aromatic heterocycles. The summed E-state index contributed by atoms with van der Waals surface area (Å²) in [4.78, 5) is 12.9. The van der Waals surface area contributed by atoms with Gasteiger partial charge in [-0.25, -0.2) is 15.0 Å². The van der Waals surface area contributed by atoms with Crippen molar-refractivity contribution in [2.45, 2.75) is 26.9 Å². The summed E-state index contributed by atoms with van der Waals surface area (Å²) in [5.41, 5.74) is 4.31. The molecule has 1 unspecified atom stereocenters. The van der Waals surface area contributed by atoms with E-state index in [1.165, 1.54) is 5.57 Å². The number of aliphatic imine (C=N–C) groups is 1. The van der Waals surface area contributed by atoms with E-state index in [9.17, 15) is 5.11 Å². The lowest BCUT2D eigenvalue weighted by molar-refractivity contribution is 0.199. The Bertz CT molecular complexity index is 1080. The highest BCUT2D eigenvalue weighted by Crippen LogP contribution is 2.25. The maximum Gasteiger partial charge on any atom is 0.140 e. The molecule has 0 bridgehead atoms. The minimum atomic E-state index is -0.672. The van der Waals surface area contributed by atoms with Gasteiger partial charge in [-0.2, -0.15) is 0 Å². The smallest absolute Gasteiger partial charge is 0.140 e. The van der Waals surface area contributed by atoms with Gasteiger partial charge < -0.3 is 10.4 Å². The monoisotopic (exact) mass is 395 g/mol. The highest BCUT2D eigenvalue weighted by molar-refractivity contribution is 6.30. The van der Waals surface area contributed by atoms with E-state index in [0.717, 1.165) is 16.7 Å². The number of hydrogen-bond acceptors (Lipinski definition) is 5. The molecule has 0 radical (unpaired) electrons. The highest BCUT2D eigenvalue weighted by Gasteiger charge is 2.12. The number of allylic oxidation sites excluding steroid dienone is 3. The first-order valence-electron chi connectivity index (χ1n) is 8.80. The molecule has 144 valence electrons. The summed E-state index contributed by atoms with van der Waals surface area (Å²) >= 11 is 6.20. The molecule has 1 atom stereocenters. The Morgan fingerprint density at radius 2 is 2.07 bits per heavy atom. The van der Waals surface area contributed by atoms with Gasteiger partial charge >= 0.3 is 0 Å². The maximum absolute atomic E-state index is 9.72. The van der Waals surface area contributed by atoms with Crippen LogP contribution in [0.4, 0.5) is 5.69 Å². The molecule has 0 saturated heterocycles. The van der Waals surface area contributed by atoms with Crippen LogP contribution in [0.5, 0.6) is 0 Å². The lowest BCUT2D eigenvalue weighted by Gasteiger charge is -2.10. The van der Waals surface area contributed by atoms with Crippen molar-refractivity contribution in [2.75, 3.05) is 5.32 Å². The van der Waals surface area contributed by atoms with Gasteiger partial charge in [-0.3, -0.25) is 4.57 Å². The minimum Gasteiger partial charge on any atom is -0.389 e. The van der Waals surface area contributed by atoms with E-state index in [4.69, 9.17) is 11.6 Å². The molecule has 0 spiro atoms. The second kappa shape index (κ2) is 8.37. The molecule has 0 aliphatic carbocycles. The van der Waals surface area contributed by atoms with Gasteiger partial charge in [-0.15, -0.1) is 0 Å². The maximum atomic E-state index is 9.72. The van der Waals surface area contributed by atoms with Crippen LogP contribution in [0.15, 0.2) is 65.2 Å². The Morgan fingerprint density at radius 3 is 2.71 bits per heavy atom.